The van der Waals surface area contributed by atoms with Gasteiger partial charge in [0, 0.05) is 22.8 Å². The minimum absolute atomic E-state index is 0.0698. The molecule has 3 aromatic rings. The van der Waals surface area contributed by atoms with E-state index in [0.717, 1.165) is 15.6 Å². The van der Waals surface area contributed by atoms with Gasteiger partial charge in [-0.15, -0.1) is 11.3 Å². The number of rotatable bonds is 6. The first-order valence-corrected chi connectivity index (χ1v) is 10.8. The van der Waals surface area contributed by atoms with E-state index in [-0.39, 0.29) is 17.5 Å². The molecule has 6 nitrogen and oxygen atoms in total. The zero-order valence-corrected chi connectivity index (χ0v) is 16.9. The third-order valence-corrected chi connectivity index (χ3v) is 7.01. The predicted molar refractivity (Wildman–Crippen MR) is 104 cm³/mol. The molecule has 26 heavy (non-hydrogen) atoms. The number of fused-ring (bicyclic) bond motifs is 1. The summed E-state index contributed by atoms with van der Waals surface area (Å²) in [6.07, 6.45) is -0.915. The average Bonchev–Trinajstić information content (AvgIpc) is 3.14. The van der Waals surface area contributed by atoms with Crippen molar-refractivity contribution in [2.24, 2.45) is 0 Å². The number of aromatic nitrogens is 2. The number of aryl methyl sites for hydroxylation is 1. The van der Waals surface area contributed by atoms with Crippen LogP contribution >= 0.6 is 11.3 Å². The van der Waals surface area contributed by atoms with Crippen LogP contribution in [-0.2, 0) is 10.0 Å². The molecule has 0 saturated carbocycles. The molecule has 3 rings (SSSR count). The van der Waals surface area contributed by atoms with Crippen molar-refractivity contribution in [1.82, 2.24) is 14.5 Å². The van der Waals surface area contributed by atoms with Gasteiger partial charge in [-0.25, -0.2) is 13.1 Å². The highest BCUT2D eigenvalue weighted by Gasteiger charge is 2.26. The lowest BCUT2D eigenvalue weighted by atomic mass is 10.1. The summed E-state index contributed by atoms with van der Waals surface area (Å²) in [4.78, 5) is 0.188. The molecule has 0 bridgehead atoms. The van der Waals surface area contributed by atoms with Gasteiger partial charge in [0.15, 0.2) is 0 Å². The molecule has 0 aliphatic heterocycles. The van der Waals surface area contributed by atoms with Crippen LogP contribution in [0.5, 0.6) is 0 Å². The molecule has 2 N–H and O–H groups in total. The molecular formula is C18H23N3O3S2. The van der Waals surface area contributed by atoms with Crippen LogP contribution in [0.3, 0.4) is 0 Å². The van der Waals surface area contributed by atoms with Crippen molar-refractivity contribution in [3.8, 4) is 0 Å². The first kappa shape index (κ1) is 19.0. The Morgan fingerprint density at radius 3 is 2.62 bits per heavy atom. The second kappa shape index (κ2) is 7.11. The summed E-state index contributed by atoms with van der Waals surface area (Å²) in [7, 11) is -3.76. The number of nitrogens with one attached hydrogen (secondary N) is 1. The first-order valence-electron chi connectivity index (χ1n) is 8.42. The minimum atomic E-state index is -3.76. The highest BCUT2D eigenvalue weighted by molar-refractivity contribution is 7.89. The SMILES string of the molecule is Cc1nn(C(C)C)c(C)c1S(=O)(=O)NC[C@@H](O)c1csc2ccccc12. The summed E-state index contributed by atoms with van der Waals surface area (Å²) in [6, 6.07) is 7.83. The van der Waals surface area contributed by atoms with E-state index in [9.17, 15) is 13.5 Å². The van der Waals surface area contributed by atoms with Crippen LogP contribution in [-0.4, -0.2) is 29.8 Å². The molecule has 1 atom stereocenters. The number of benzene rings is 1. The Labute approximate surface area is 157 Å². The molecule has 2 heterocycles. The largest absolute Gasteiger partial charge is 0.387 e. The average molecular weight is 394 g/mol. The van der Waals surface area contributed by atoms with Crippen molar-refractivity contribution in [2.45, 2.75) is 44.7 Å². The van der Waals surface area contributed by atoms with Crippen LogP contribution in [0.15, 0.2) is 34.5 Å². The van der Waals surface area contributed by atoms with Crippen LogP contribution in [0.1, 0.15) is 42.9 Å². The van der Waals surface area contributed by atoms with E-state index in [1.807, 2.05) is 43.5 Å². The van der Waals surface area contributed by atoms with Gasteiger partial charge in [0.25, 0.3) is 0 Å². The third kappa shape index (κ3) is 3.42. The first-order chi connectivity index (χ1) is 12.2. The van der Waals surface area contributed by atoms with Crippen molar-refractivity contribution in [2.75, 3.05) is 6.54 Å². The highest BCUT2D eigenvalue weighted by atomic mass is 32.2. The van der Waals surface area contributed by atoms with Crippen LogP contribution in [0.4, 0.5) is 0 Å². The van der Waals surface area contributed by atoms with Crippen molar-refractivity contribution in [3.63, 3.8) is 0 Å². The zero-order chi connectivity index (χ0) is 19.1. The van der Waals surface area contributed by atoms with E-state index in [2.05, 4.69) is 9.82 Å². The van der Waals surface area contributed by atoms with Gasteiger partial charge in [0.1, 0.15) is 4.90 Å². The molecule has 8 heteroatoms. The van der Waals surface area contributed by atoms with Crippen LogP contribution in [0.2, 0.25) is 0 Å². The number of aliphatic hydroxyl groups excluding tert-OH is 1. The van der Waals surface area contributed by atoms with Gasteiger partial charge >= 0.3 is 0 Å². The summed E-state index contributed by atoms with van der Waals surface area (Å²) >= 11 is 1.53. The van der Waals surface area contributed by atoms with E-state index >= 15 is 0 Å². The molecule has 1 aromatic carbocycles. The van der Waals surface area contributed by atoms with E-state index < -0.39 is 16.1 Å². The van der Waals surface area contributed by atoms with Gasteiger partial charge in [0.05, 0.1) is 17.5 Å². The fraction of sp³-hybridized carbons (Fsp3) is 0.389. The Kier molecular flexibility index (Phi) is 5.21. The number of hydrogen-bond donors (Lipinski definition) is 2. The van der Waals surface area contributed by atoms with Gasteiger partial charge in [-0.2, -0.15) is 5.10 Å². The maximum absolute atomic E-state index is 12.8. The quantitative estimate of drug-likeness (QED) is 0.673. The molecule has 0 unspecified atom stereocenters. The molecule has 0 spiro atoms. The summed E-state index contributed by atoms with van der Waals surface area (Å²) in [5.41, 5.74) is 1.79. The fourth-order valence-corrected chi connectivity index (χ4v) is 5.61. The van der Waals surface area contributed by atoms with Crippen LogP contribution in [0.25, 0.3) is 10.1 Å². The Bertz CT molecular complexity index is 1040. The standard InChI is InChI=1S/C18H23N3O3S2/c1-11(2)21-13(4)18(12(3)20-21)26(23,24)19-9-16(22)15-10-25-17-8-6-5-7-14(15)17/h5-8,10-11,16,19,22H,9H2,1-4H3/t16-/m1/s1. The van der Waals surface area contributed by atoms with Gasteiger partial charge in [-0.1, -0.05) is 18.2 Å². The molecule has 0 fully saturated rings. The molecule has 2 aromatic heterocycles. The second-order valence-electron chi connectivity index (χ2n) is 6.59. The van der Waals surface area contributed by atoms with E-state index in [0.29, 0.717) is 11.4 Å². The Hall–Kier alpha value is -1.74. The van der Waals surface area contributed by atoms with Gasteiger partial charge in [0.2, 0.25) is 10.0 Å². The maximum Gasteiger partial charge on any atom is 0.244 e. The van der Waals surface area contributed by atoms with Crippen molar-refractivity contribution < 1.29 is 13.5 Å². The molecule has 140 valence electrons. The Morgan fingerprint density at radius 2 is 1.96 bits per heavy atom. The lowest BCUT2D eigenvalue weighted by molar-refractivity contribution is 0.184. The molecule has 0 aliphatic rings. The summed E-state index contributed by atoms with van der Waals surface area (Å²) in [6.45, 7) is 7.25. The van der Waals surface area contributed by atoms with Gasteiger partial charge < -0.3 is 5.11 Å². The zero-order valence-electron chi connectivity index (χ0n) is 15.2. The summed E-state index contributed by atoms with van der Waals surface area (Å²) in [5, 5.41) is 17.7. The van der Waals surface area contributed by atoms with Gasteiger partial charge in [-0.3, -0.25) is 4.68 Å². The molecule has 0 amide bonds. The van der Waals surface area contributed by atoms with E-state index in [4.69, 9.17) is 0 Å². The summed E-state index contributed by atoms with van der Waals surface area (Å²) < 4.78 is 30.8. The van der Waals surface area contributed by atoms with Crippen molar-refractivity contribution >= 4 is 31.4 Å². The molecule has 0 saturated heterocycles. The highest BCUT2D eigenvalue weighted by Crippen LogP contribution is 2.30. The number of aliphatic hydroxyl groups is 1. The smallest absolute Gasteiger partial charge is 0.244 e. The fourth-order valence-electron chi connectivity index (χ4n) is 3.17. The lowest BCUT2D eigenvalue weighted by Crippen LogP contribution is -2.29. The second-order valence-corrected chi connectivity index (χ2v) is 9.21. The van der Waals surface area contributed by atoms with Crippen LogP contribution < -0.4 is 4.72 Å². The number of hydrogen-bond acceptors (Lipinski definition) is 5. The Morgan fingerprint density at radius 1 is 1.27 bits per heavy atom. The normalized spacial score (nSPS) is 13.6. The topological polar surface area (TPSA) is 84.2 Å². The van der Waals surface area contributed by atoms with Crippen LogP contribution in [0, 0.1) is 13.8 Å². The monoisotopic (exact) mass is 393 g/mol. The maximum atomic E-state index is 12.8. The summed E-state index contributed by atoms with van der Waals surface area (Å²) in [5.74, 6) is 0. The van der Waals surface area contributed by atoms with Gasteiger partial charge in [-0.05, 0) is 44.5 Å². The Balaban J connectivity index is 1.83. The third-order valence-electron chi connectivity index (χ3n) is 4.35. The van der Waals surface area contributed by atoms with Crippen molar-refractivity contribution in [3.05, 3.63) is 46.6 Å². The number of nitrogens with zero attached hydrogens (tertiary/aromatic N) is 2. The molecule has 0 radical (unpaired) electrons. The van der Waals surface area contributed by atoms with E-state index in [1.54, 1.807) is 18.5 Å². The predicted octanol–water partition coefficient (Wildman–Crippen LogP) is 3.31. The molecular weight excluding hydrogens is 370 g/mol. The van der Waals surface area contributed by atoms with Crippen molar-refractivity contribution in [1.29, 1.82) is 0 Å². The lowest BCUT2D eigenvalue weighted by Gasteiger charge is -2.13. The van der Waals surface area contributed by atoms with E-state index in [1.165, 1.54) is 11.3 Å². The minimum Gasteiger partial charge on any atom is -0.387 e. The number of thiophene rings is 1. The number of sulfonamides is 1. The molecule has 0 aliphatic carbocycles.